The van der Waals surface area contributed by atoms with Crippen molar-refractivity contribution in [3.05, 3.63) is 82.2 Å². The normalized spacial score (nSPS) is 15.3. The number of hydrogen-bond acceptors (Lipinski definition) is 4. The van der Waals surface area contributed by atoms with Crippen LogP contribution in [0.1, 0.15) is 41.6 Å². The second kappa shape index (κ2) is 9.53. The van der Waals surface area contributed by atoms with Crippen molar-refractivity contribution in [1.82, 2.24) is 9.88 Å². The summed E-state index contributed by atoms with van der Waals surface area (Å²) >= 11 is 0. The number of hydrogen-bond donors (Lipinski definition) is 1. The zero-order valence-electron chi connectivity index (χ0n) is 18.1. The first-order chi connectivity index (χ1) is 14.4. The number of benzene rings is 1. The van der Waals surface area contributed by atoms with Gasteiger partial charge in [0.2, 0.25) is 0 Å². The number of aromatic nitrogens is 1. The van der Waals surface area contributed by atoms with Crippen LogP contribution >= 0.6 is 0 Å². The summed E-state index contributed by atoms with van der Waals surface area (Å²) in [5, 5.41) is 13.3. The van der Waals surface area contributed by atoms with Gasteiger partial charge in [-0.25, -0.2) is 0 Å². The third-order valence-electron chi connectivity index (χ3n) is 5.49. The summed E-state index contributed by atoms with van der Waals surface area (Å²) in [4.78, 5) is 18.8. The Kier molecular flexibility index (Phi) is 6.83. The van der Waals surface area contributed by atoms with Crippen LogP contribution in [-0.4, -0.2) is 40.8 Å². The van der Waals surface area contributed by atoms with E-state index in [2.05, 4.69) is 35.3 Å². The fourth-order valence-electron chi connectivity index (χ4n) is 3.93. The molecular formula is C25H29N3O2. The highest BCUT2D eigenvalue weighted by Crippen LogP contribution is 2.35. The second-order valence-corrected chi connectivity index (χ2v) is 7.89. The van der Waals surface area contributed by atoms with Crippen LogP contribution in [0.15, 0.2) is 65.0 Å². The molecule has 0 atom stereocenters. The van der Waals surface area contributed by atoms with Gasteiger partial charge in [0.1, 0.15) is 0 Å². The van der Waals surface area contributed by atoms with E-state index in [1.807, 2.05) is 31.2 Å². The molecule has 5 heteroatoms. The average molecular weight is 404 g/mol. The number of pyridine rings is 1. The Morgan fingerprint density at radius 2 is 1.93 bits per heavy atom. The molecular weight excluding hydrogens is 374 g/mol. The summed E-state index contributed by atoms with van der Waals surface area (Å²) in [5.74, 6) is -0.0267. The lowest BCUT2D eigenvalue weighted by atomic mass is 9.82. The van der Waals surface area contributed by atoms with Crippen LogP contribution in [0, 0.1) is 13.8 Å². The van der Waals surface area contributed by atoms with E-state index in [9.17, 15) is 10.0 Å². The van der Waals surface area contributed by atoms with Crippen LogP contribution in [0.25, 0.3) is 5.57 Å². The van der Waals surface area contributed by atoms with Gasteiger partial charge in [-0.2, -0.15) is 0 Å². The molecule has 0 fully saturated rings. The predicted octanol–water partition coefficient (Wildman–Crippen LogP) is 4.72. The highest BCUT2D eigenvalue weighted by molar-refractivity contribution is 6.28. The van der Waals surface area contributed by atoms with E-state index in [1.54, 1.807) is 25.2 Å². The molecule has 1 aromatic carbocycles. The van der Waals surface area contributed by atoms with Crippen molar-refractivity contribution in [2.45, 2.75) is 39.5 Å². The molecule has 0 unspecified atom stereocenters. The van der Waals surface area contributed by atoms with Crippen molar-refractivity contribution in [1.29, 1.82) is 0 Å². The van der Waals surface area contributed by atoms with Crippen LogP contribution in [0.4, 0.5) is 0 Å². The van der Waals surface area contributed by atoms with Gasteiger partial charge in [0.15, 0.2) is 0 Å². The standard InChI is InChI=1S/C25H29N3O2/c1-17-8-5-6-9-19(17)10-7-11-21-22(25(29)28(3)4)12-13-23(27-30)24(21)20-14-15-26-18(2)16-20/h5-6,8-9,12,14-16,30H,7,10-11,13H2,1-4H3/b27-23+. The van der Waals surface area contributed by atoms with Gasteiger partial charge in [-0.15, -0.1) is 0 Å². The van der Waals surface area contributed by atoms with Crippen molar-refractivity contribution in [2.24, 2.45) is 5.16 Å². The average Bonchev–Trinajstić information content (AvgIpc) is 2.74. The summed E-state index contributed by atoms with van der Waals surface area (Å²) < 4.78 is 0. The molecule has 3 rings (SSSR count). The highest BCUT2D eigenvalue weighted by atomic mass is 16.4. The molecule has 1 aliphatic carbocycles. The van der Waals surface area contributed by atoms with E-state index in [0.717, 1.165) is 41.7 Å². The first kappa shape index (κ1) is 21.5. The van der Waals surface area contributed by atoms with Gasteiger partial charge < -0.3 is 10.1 Å². The monoisotopic (exact) mass is 403 g/mol. The minimum atomic E-state index is -0.0267. The Morgan fingerprint density at radius 1 is 1.17 bits per heavy atom. The molecule has 0 radical (unpaired) electrons. The van der Waals surface area contributed by atoms with Gasteiger partial charge in [0, 0.05) is 43.6 Å². The van der Waals surface area contributed by atoms with Gasteiger partial charge in [-0.1, -0.05) is 35.5 Å². The molecule has 0 bridgehead atoms. The topological polar surface area (TPSA) is 65.8 Å². The maximum atomic E-state index is 12.9. The van der Waals surface area contributed by atoms with Gasteiger partial charge in [0.25, 0.3) is 5.91 Å². The quantitative estimate of drug-likeness (QED) is 0.560. The van der Waals surface area contributed by atoms with E-state index < -0.39 is 0 Å². The third-order valence-corrected chi connectivity index (χ3v) is 5.49. The molecule has 2 aromatic rings. The molecule has 0 aliphatic heterocycles. The molecule has 5 nitrogen and oxygen atoms in total. The van der Waals surface area contributed by atoms with Crippen molar-refractivity contribution in [3.63, 3.8) is 0 Å². The summed E-state index contributed by atoms with van der Waals surface area (Å²) in [7, 11) is 3.53. The number of oxime groups is 1. The largest absolute Gasteiger partial charge is 0.411 e. The van der Waals surface area contributed by atoms with Gasteiger partial charge in [0.05, 0.1) is 5.71 Å². The van der Waals surface area contributed by atoms with Gasteiger partial charge in [-0.05, 0) is 67.5 Å². The van der Waals surface area contributed by atoms with Crippen molar-refractivity contribution < 1.29 is 10.0 Å². The molecule has 1 heterocycles. The summed E-state index contributed by atoms with van der Waals surface area (Å²) in [6.45, 7) is 4.06. The number of rotatable bonds is 6. The lowest BCUT2D eigenvalue weighted by molar-refractivity contribution is -0.124. The molecule has 1 aliphatic rings. The molecule has 1 aromatic heterocycles. The van der Waals surface area contributed by atoms with Crippen molar-refractivity contribution >= 4 is 17.2 Å². The zero-order chi connectivity index (χ0) is 21.7. The van der Waals surface area contributed by atoms with Crippen molar-refractivity contribution in [2.75, 3.05) is 14.1 Å². The molecule has 30 heavy (non-hydrogen) atoms. The minimum Gasteiger partial charge on any atom is -0.411 e. The number of nitrogens with zero attached hydrogens (tertiary/aromatic N) is 3. The first-order valence-corrected chi connectivity index (χ1v) is 10.3. The zero-order valence-corrected chi connectivity index (χ0v) is 18.1. The second-order valence-electron chi connectivity index (χ2n) is 7.89. The lowest BCUT2D eigenvalue weighted by Crippen LogP contribution is -2.27. The SMILES string of the molecule is Cc1cc(C2=C(CCCc3ccccc3C)C(C(=O)N(C)C)=CC/C2=N\O)ccn1. The summed E-state index contributed by atoms with van der Waals surface area (Å²) in [6.07, 6.45) is 6.60. The summed E-state index contributed by atoms with van der Waals surface area (Å²) in [6, 6.07) is 12.3. The fourth-order valence-corrected chi connectivity index (χ4v) is 3.93. The molecule has 0 saturated heterocycles. The first-order valence-electron chi connectivity index (χ1n) is 10.3. The van der Waals surface area contributed by atoms with Crippen LogP contribution in [0.5, 0.6) is 0 Å². The lowest BCUT2D eigenvalue weighted by Gasteiger charge is -2.25. The molecule has 1 N–H and O–H groups in total. The fraction of sp³-hybridized carbons (Fsp3) is 0.320. The predicted molar refractivity (Wildman–Crippen MR) is 121 cm³/mol. The molecule has 0 saturated carbocycles. The van der Waals surface area contributed by atoms with Crippen LogP contribution in [0.2, 0.25) is 0 Å². The van der Waals surface area contributed by atoms with E-state index in [-0.39, 0.29) is 5.91 Å². The van der Waals surface area contributed by atoms with Crippen LogP contribution < -0.4 is 0 Å². The number of aryl methyl sites for hydroxylation is 3. The van der Waals surface area contributed by atoms with E-state index >= 15 is 0 Å². The number of allylic oxidation sites excluding steroid dienone is 2. The number of likely N-dealkylation sites (N-methyl/N-ethyl adjacent to an activating group) is 1. The van der Waals surface area contributed by atoms with Gasteiger partial charge >= 0.3 is 0 Å². The third kappa shape index (κ3) is 4.67. The van der Waals surface area contributed by atoms with E-state index in [0.29, 0.717) is 17.7 Å². The van der Waals surface area contributed by atoms with E-state index in [4.69, 9.17) is 0 Å². The maximum absolute atomic E-state index is 12.9. The molecule has 1 amide bonds. The Labute approximate surface area is 178 Å². The van der Waals surface area contributed by atoms with Crippen molar-refractivity contribution in [3.8, 4) is 0 Å². The minimum absolute atomic E-state index is 0.0267. The number of carbonyl (C=O) groups excluding carboxylic acids is 1. The highest BCUT2D eigenvalue weighted by Gasteiger charge is 2.27. The number of amides is 1. The van der Waals surface area contributed by atoms with Crippen LogP contribution in [-0.2, 0) is 11.2 Å². The Balaban J connectivity index is 2.03. The van der Waals surface area contributed by atoms with Crippen LogP contribution in [0.3, 0.4) is 0 Å². The maximum Gasteiger partial charge on any atom is 0.253 e. The molecule has 0 spiro atoms. The Bertz CT molecular complexity index is 1030. The Morgan fingerprint density at radius 3 is 2.60 bits per heavy atom. The molecule has 156 valence electrons. The number of carbonyl (C=O) groups is 1. The Hall–Kier alpha value is -3.21. The van der Waals surface area contributed by atoms with Gasteiger partial charge in [-0.3, -0.25) is 9.78 Å². The summed E-state index contributed by atoms with van der Waals surface area (Å²) in [5.41, 5.74) is 7.47. The van der Waals surface area contributed by atoms with E-state index in [1.165, 1.54) is 11.1 Å². The smallest absolute Gasteiger partial charge is 0.253 e.